The van der Waals surface area contributed by atoms with E-state index >= 15 is 0 Å². The molecule has 1 aliphatic rings. The lowest BCUT2D eigenvalue weighted by Gasteiger charge is -2.21. The summed E-state index contributed by atoms with van der Waals surface area (Å²) in [6.07, 6.45) is 0.778. The normalized spacial score (nSPS) is 16.0. The second-order valence-electron chi connectivity index (χ2n) is 7.46. The van der Waals surface area contributed by atoms with Crippen LogP contribution in [0, 0.1) is 0 Å². The van der Waals surface area contributed by atoms with E-state index in [1.54, 1.807) is 24.3 Å². The number of nitrogens with one attached hydrogen (secondary N) is 1. The Bertz CT molecular complexity index is 1110. The Balaban J connectivity index is 1.56. The van der Waals surface area contributed by atoms with E-state index in [2.05, 4.69) is 12.2 Å². The number of halogens is 1. The summed E-state index contributed by atoms with van der Waals surface area (Å²) >= 11 is 7.46. The average molecular weight is 468 g/mol. The minimum atomic E-state index is -0.893. The first kappa shape index (κ1) is 22.0. The molecular weight excluding hydrogens is 446 g/mol. The van der Waals surface area contributed by atoms with Gasteiger partial charge in [0, 0.05) is 15.6 Å². The second kappa shape index (κ2) is 9.54. The van der Waals surface area contributed by atoms with Crippen LogP contribution in [-0.2, 0) is 22.6 Å². The fourth-order valence-corrected chi connectivity index (χ4v) is 4.45. The zero-order chi connectivity index (χ0) is 22.7. The Morgan fingerprint density at radius 2 is 1.78 bits per heavy atom. The SMILES string of the molecule is CCc1ccc(NC(=O)C[C@H]2C(=O)N(c3ccc(Cl)cc3)C(=O)N2Cc2cccs2)cc1. The lowest BCUT2D eigenvalue weighted by Crippen LogP contribution is -2.37. The van der Waals surface area contributed by atoms with Gasteiger partial charge in [-0.15, -0.1) is 11.3 Å². The van der Waals surface area contributed by atoms with Gasteiger partial charge in [-0.1, -0.05) is 36.7 Å². The molecule has 2 heterocycles. The minimum absolute atomic E-state index is 0.129. The molecule has 4 amide bonds. The van der Waals surface area contributed by atoms with Crippen LogP contribution in [0.4, 0.5) is 16.2 Å². The molecular formula is C24H22ClN3O3S. The van der Waals surface area contributed by atoms with Gasteiger partial charge in [0.05, 0.1) is 18.7 Å². The summed E-state index contributed by atoms with van der Waals surface area (Å²) in [6.45, 7) is 2.32. The standard InChI is InChI=1S/C24H22ClN3O3S/c1-2-16-5-9-18(10-6-16)26-22(29)14-21-23(30)28(19-11-7-17(25)8-12-19)24(31)27(21)15-20-4-3-13-32-20/h3-13,21H,2,14-15H2,1H3,(H,26,29)/t21-/m0/s1. The first-order chi connectivity index (χ1) is 15.5. The number of hydrogen-bond donors (Lipinski definition) is 1. The van der Waals surface area contributed by atoms with Gasteiger partial charge in [0.2, 0.25) is 5.91 Å². The highest BCUT2D eigenvalue weighted by molar-refractivity contribution is 7.09. The summed E-state index contributed by atoms with van der Waals surface area (Å²) in [5, 5.41) is 5.26. The smallest absolute Gasteiger partial charge is 0.326 e. The number of amides is 4. The Kier molecular flexibility index (Phi) is 6.58. The van der Waals surface area contributed by atoms with Crippen molar-refractivity contribution in [1.29, 1.82) is 0 Å². The molecule has 0 saturated carbocycles. The van der Waals surface area contributed by atoms with E-state index in [1.807, 2.05) is 41.8 Å². The maximum absolute atomic E-state index is 13.3. The summed E-state index contributed by atoms with van der Waals surface area (Å²) < 4.78 is 0. The van der Waals surface area contributed by atoms with Gasteiger partial charge < -0.3 is 10.2 Å². The molecule has 0 spiro atoms. The highest BCUT2D eigenvalue weighted by Gasteiger charge is 2.46. The van der Waals surface area contributed by atoms with Crippen molar-refractivity contribution in [3.8, 4) is 0 Å². The van der Waals surface area contributed by atoms with E-state index in [-0.39, 0.29) is 18.9 Å². The highest BCUT2D eigenvalue weighted by atomic mass is 35.5. The molecule has 1 atom stereocenters. The van der Waals surface area contributed by atoms with E-state index in [9.17, 15) is 14.4 Å². The first-order valence-electron chi connectivity index (χ1n) is 10.3. The molecule has 0 unspecified atom stereocenters. The molecule has 2 aromatic carbocycles. The zero-order valence-corrected chi connectivity index (χ0v) is 19.0. The molecule has 32 heavy (non-hydrogen) atoms. The molecule has 1 saturated heterocycles. The summed E-state index contributed by atoms with van der Waals surface area (Å²) in [7, 11) is 0. The number of hydrogen-bond acceptors (Lipinski definition) is 4. The molecule has 4 rings (SSSR count). The largest absolute Gasteiger partial charge is 0.332 e. The number of thiophene rings is 1. The summed E-state index contributed by atoms with van der Waals surface area (Å²) in [6, 6.07) is 16.5. The highest BCUT2D eigenvalue weighted by Crippen LogP contribution is 2.30. The number of urea groups is 1. The minimum Gasteiger partial charge on any atom is -0.326 e. The van der Waals surface area contributed by atoms with Gasteiger partial charge in [-0.05, 0) is 59.8 Å². The fraction of sp³-hybridized carbons (Fsp3) is 0.208. The lowest BCUT2D eigenvalue weighted by molar-refractivity contribution is -0.124. The maximum atomic E-state index is 13.3. The number of nitrogens with zero attached hydrogens (tertiary/aromatic N) is 2. The zero-order valence-electron chi connectivity index (χ0n) is 17.5. The summed E-state index contributed by atoms with van der Waals surface area (Å²) in [4.78, 5) is 42.8. The lowest BCUT2D eigenvalue weighted by atomic mass is 10.1. The molecule has 3 aromatic rings. The van der Waals surface area contributed by atoms with E-state index < -0.39 is 18.0 Å². The second-order valence-corrected chi connectivity index (χ2v) is 8.93. The third-order valence-electron chi connectivity index (χ3n) is 5.33. The van der Waals surface area contributed by atoms with Crippen molar-refractivity contribution in [2.75, 3.05) is 10.2 Å². The monoisotopic (exact) mass is 467 g/mol. The van der Waals surface area contributed by atoms with Gasteiger partial charge in [0.25, 0.3) is 5.91 Å². The van der Waals surface area contributed by atoms with Crippen LogP contribution in [0.5, 0.6) is 0 Å². The number of anilines is 2. The first-order valence-corrected chi connectivity index (χ1v) is 11.5. The Morgan fingerprint density at radius 3 is 2.41 bits per heavy atom. The number of imide groups is 1. The van der Waals surface area contributed by atoms with Crippen LogP contribution < -0.4 is 10.2 Å². The Hall–Kier alpha value is -3.16. The third-order valence-corrected chi connectivity index (χ3v) is 6.45. The number of rotatable bonds is 7. The molecule has 0 bridgehead atoms. The van der Waals surface area contributed by atoms with Gasteiger partial charge in [-0.3, -0.25) is 9.59 Å². The Morgan fingerprint density at radius 1 is 1.06 bits per heavy atom. The Labute approximate surface area is 195 Å². The van der Waals surface area contributed by atoms with Crippen LogP contribution >= 0.6 is 22.9 Å². The van der Waals surface area contributed by atoms with Crippen LogP contribution in [0.2, 0.25) is 5.02 Å². The van der Waals surface area contributed by atoms with Gasteiger partial charge in [-0.2, -0.15) is 0 Å². The maximum Gasteiger partial charge on any atom is 0.332 e. The van der Waals surface area contributed by atoms with E-state index in [1.165, 1.54) is 21.8 Å². The van der Waals surface area contributed by atoms with Crippen LogP contribution in [-0.4, -0.2) is 28.8 Å². The number of carbonyl (C=O) groups is 3. The van der Waals surface area contributed by atoms with Crippen molar-refractivity contribution < 1.29 is 14.4 Å². The average Bonchev–Trinajstić information content (AvgIpc) is 3.38. The molecule has 0 radical (unpaired) electrons. The van der Waals surface area contributed by atoms with Gasteiger partial charge in [0.15, 0.2) is 0 Å². The molecule has 1 fully saturated rings. The van der Waals surface area contributed by atoms with Crippen molar-refractivity contribution in [1.82, 2.24) is 4.90 Å². The quantitative estimate of drug-likeness (QED) is 0.477. The van der Waals surface area contributed by atoms with Gasteiger partial charge >= 0.3 is 6.03 Å². The molecule has 1 aromatic heterocycles. The number of carbonyl (C=O) groups excluding carboxylic acids is 3. The van der Waals surface area contributed by atoms with Gasteiger partial charge in [-0.25, -0.2) is 9.69 Å². The molecule has 6 nitrogen and oxygen atoms in total. The van der Waals surface area contributed by atoms with Crippen LogP contribution in [0.25, 0.3) is 0 Å². The molecule has 0 aliphatic carbocycles. The number of aryl methyl sites for hydroxylation is 1. The van der Waals surface area contributed by atoms with Crippen molar-refractivity contribution in [2.24, 2.45) is 0 Å². The van der Waals surface area contributed by atoms with Crippen molar-refractivity contribution in [3.05, 3.63) is 81.5 Å². The molecule has 8 heteroatoms. The predicted octanol–water partition coefficient (Wildman–Crippen LogP) is 5.33. The van der Waals surface area contributed by atoms with E-state index in [0.29, 0.717) is 16.4 Å². The summed E-state index contributed by atoms with van der Waals surface area (Å²) in [5.41, 5.74) is 2.25. The summed E-state index contributed by atoms with van der Waals surface area (Å²) in [5.74, 6) is -0.750. The topological polar surface area (TPSA) is 69.7 Å². The van der Waals surface area contributed by atoms with E-state index in [4.69, 9.17) is 11.6 Å². The van der Waals surface area contributed by atoms with Crippen molar-refractivity contribution >= 4 is 52.2 Å². The van der Waals surface area contributed by atoms with E-state index in [0.717, 1.165) is 16.2 Å². The van der Waals surface area contributed by atoms with Crippen LogP contribution in [0.15, 0.2) is 66.0 Å². The third kappa shape index (κ3) is 4.69. The van der Waals surface area contributed by atoms with Crippen LogP contribution in [0.3, 0.4) is 0 Å². The molecule has 1 N–H and O–H groups in total. The van der Waals surface area contributed by atoms with Crippen molar-refractivity contribution in [3.63, 3.8) is 0 Å². The van der Waals surface area contributed by atoms with Crippen LogP contribution in [0.1, 0.15) is 23.8 Å². The van der Waals surface area contributed by atoms with Crippen molar-refractivity contribution in [2.45, 2.75) is 32.4 Å². The predicted molar refractivity (Wildman–Crippen MR) is 127 cm³/mol. The van der Waals surface area contributed by atoms with Gasteiger partial charge in [0.1, 0.15) is 6.04 Å². The molecule has 164 valence electrons. The number of benzene rings is 2. The molecule has 1 aliphatic heterocycles. The fourth-order valence-electron chi connectivity index (χ4n) is 3.62.